The van der Waals surface area contributed by atoms with Crippen molar-refractivity contribution in [2.24, 2.45) is 5.92 Å². The lowest BCUT2D eigenvalue weighted by molar-refractivity contribution is 0.0554. The van der Waals surface area contributed by atoms with Crippen LogP contribution in [0, 0.1) is 5.92 Å². The molecule has 0 saturated carbocycles. The highest BCUT2D eigenvalue weighted by Crippen LogP contribution is 2.42. The summed E-state index contributed by atoms with van der Waals surface area (Å²) in [6.07, 6.45) is 2.55. The largest absolute Gasteiger partial charge is 0.497 e. The van der Waals surface area contributed by atoms with Crippen molar-refractivity contribution in [1.29, 1.82) is 0 Å². The highest BCUT2D eigenvalue weighted by Gasteiger charge is 2.46. The molecular weight excluding hydrogens is 388 g/mol. The number of piperidine rings is 1. The predicted molar refractivity (Wildman–Crippen MR) is 119 cm³/mol. The first-order valence-corrected chi connectivity index (χ1v) is 11.0. The van der Waals surface area contributed by atoms with Gasteiger partial charge in [-0.05, 0) is 41.8 Å². The third kappa shape index (κ3) is 3.98. The van der Waals surface area contributed by atoms with Crippen LogP contribution in [-0.4, -0.2) is 48.5 Å². The van der Waals surface area contributed by atoms with Crippen LogP contribution in [-0.2, 0) is 6.54 Å². The molecule has 0 aliphatic carbocycles. The number of nitrogens with zero attached hydrogens (tertiary/aromatic N) is 2. The maximum atomic E-state index is 13.0. The van der Waals surface area contributed by atoms with E-state index >= 15 is 0 Å². The standard InChI is InChI=1S/C26H28N2O3/c1-30-21-11-9-20(10-12-21)22-17-28(16-19-6-3-2-4-7-19)24-13-14-27(18-23(22)24)26(29)25-8-5-15-31-25/h2-12,15,22-24H,13-14,16-18H2,1H3/t22-,23-,24-/m1/s1. The minimum absolute atomic E-state index is 0.00144. The third-order valence-corrected chi connectivity index (χ3v) is 6.83. The van der Waals surface area contributed by atoms with E-state index in [1.165, 1.54) is 11.1 Å². The Morgan fingerprint density at radius 3 is 2.55 bits per heavy atom. The lowest BCUT2D eigenvalue weighted by atomic mass is 9.81. The van der Waals surface area contributed by atoms with Gasteiger partial charge in [-0.15, -0.1) is 0 Å². The van der Waals surface area contributed by atoms with Crippen LogP contribution in [0.5, 0.6) is 5.75 Å². The first kappa shape index (κ1) is 19.9. The van der Waals surface area contributed by atoms with E-state index < -0.39 is 0 Å². The van der Waals surface area contributed by atoms with Gasteiger partial charge in [0.2, 0.25) is 0 Å². The molecule has 2 aromatic carbocycles. The highest BCUT2D eigenvalue weighted by atomic mass is 16.5. The number of methoxy groups -OCH3 is 1. The number of furan rings is 1. The van der Waals surface area contributed by atoms with Crippen LogP contribution in [0.15, 0.2) is 77.4 Å². The fourth-order valence-corrected chi connectivity index (χ4v) is 5.29. The van der Waals surface area contributed by atoms with E-state index in [2.05, 4.69) is 47.4 Å². The number of likely N-dealkylation sites (tertiary alicyclic amines) is 2. The second-order valence-corrected chi connectivity index (χ2v) is 8.54. The van der Waals surface area contributed by atoms with Crippen LogP contribution in [0.4, 0.5) is 0 Å². The Morgan fingerprint density at radius 2 is 1.84 bits per heavy atom. The molecule has 160 valence electrons. The average molecular weight is 417 g/mol. The van der Waals surface area contributed by atoms with E-state index in [1.54, 1.807) is 25.5 Å². The number of hydrogen-bond acceptors (Lipinski definition) is 4. The summed E-state index contributed by atoms with van der Waals surface area (Å²) in [5, 5.41) is 0. The summed E-state index contributed by atoms with van der Waals surface area (Å²) in [5.41, 5.74) is 2.66. The van der Waals surface area contributed by atoms with Gasteiger partial charge in [-0.1, -0.05) is 42.5 Å². The molecule has 1 amide bonds. The molecule has 0 N–H and O–H groups in total. The minimum Gasteiger partial charge on any atom is -0.497 e. The number of rotatable bonds is 5. The molecule has 3 heterocycles. The molecule has 2 fully saturated rings. The summed E-state index contributed by atoms with van der Waals surface area (Å²) in [7, 11) is 1.70. The van der Waals surface area contributed by atoms with Crippen LogP contribution >= 0.6 is 0 Å². The van der Waals surface area contributed by atoms with Crippen molar-refractivity contribution in [3.05, 3.63) is 89.9 Å². The van der Waals surface area contributed by atoms with Crippen molar-refractivity contribution in [1.82, 2.24) is 9.80 Å². The Labute approximate surface area is 183 Å². The average Bonchev–Trinajstić information content (AvgIpc) is 3.48. The molecule has 31 heavy (non-hydrogen) atoms. The maximum Gasteiger partial charge on any atom is 0.289 e. The number of carbonyl (C=O) groups is 1. The van der Waals surface area contributed by atoms with Crippen molar-refractivity contribution in [2.45, 2.75) is 24.9 Å². The molecule has 0 spiro atoms. The molecule has 3 aromatic rings. The molecule has 3 atom stereocenters. The smallest absolute Gasteiger partial charge is 0.289 e. The van der Waals surface area contributed by atoms with Gasteiger partial charge >= 0.3 is 0 Å². The summed E-state index contributed by atoms with van der Waals surface area (Å²) in [6.45, 7) is 3.47. The Kier molecular flexibility index (Phi) is 5.51. The van der Waals surface area contributed by atoms with Crippen LogP contribution in [0.25, 0.3) is 0 Å². The Bertz CT molecular complexity index is 1000. The third-order valence-electron chi connectivity index (χ3n) is 6.83. The topological polar surface area (TPSA) is 45.9 Å². The lowest BCUT2D eigenvalue weighted by Crippen LogP contribution is -2.48. The van der Waals surface area contributed by atoms with Gasteiger partial charge < -0.3 is 14.1 Å². The SMILES string of the molecule is COc1ccc([C@H]2CN(Cc3ccccc3)[C@@H]3CCN(C(=O)c4ccco4)C[C@H]23)cc1. The van der Waals surface area contributed by atoms with Crippen molar-refractivity contribution >= 4 is 5.91 Å². The molecule has 1 aromatic heterocycles. The van der Waals surface area contributed by atoms with Crippen LogP contribution in [0.2, 0.25) is 0 Å². The lowest BCUT2D eigenvalue weighted by Gasteiger charge is -2.39. The molecule has 5 rings (SSSR count). The van der Waals surface area contributed by atoms with E-state index in [0.717, 1.165) is 38.3 Å². The fourth-order valence-electron chi connectivity index (χ4n) is 5.29. The van der Waals surface area contributed by atoms with Crippen molar-refractivity contribution in [3.8, 4) is 5.75 Å². The zero-order valence-electron chi connectivity index (χ0n) is 17.8. The Hall–Kier alpha value is -3.05. The first-order valence-electron chi connectivity index (χ1n) is 11.0. The second-order valence-electron chi connectivity index (χ2n) is 8.54. The van der Waals surface area contributed by atoms with E-state index in [0.29, 0.717) is 23.6 Å². The van der Waals surface area contributed by atoms with Crippen molar-refractivity contribution < 1.29 is 13.9 Å². The zero-order valence-corrected chi connectivity index (χ0v) is 17.8. The van der Waals surface area contributed by atoms with E-state index in [-0.39, 0.29) is 5.91 Å². The summed E-state index contributed by atoms with van der Waals surface area (Å²) in [6, 6.07) is 23.1. The molecule has 2 aliphatic heterocycles. The molecule has 0 bridgehead atoms. The minimum atomic E-state index is -0.00144. The molecule has 2 saturated heterocycles. The van der Waals surface area contributed by atoms with Crippen LogP contribution in [0.1, 0.15) is 34.0 Å². The zero-order chi connectivity index (χ0) is 21.2. The van der Waals surface area contributed by atoms with E-state index in [1.807, 2.05) is 17.0 Å². The molecule has 5 nitrogen and oxygen atoms in total. The van der Waals surface area contributed by atoms with Gasteiger partial charge in [0, 0.05) is 44.1 Å². The number of carbonyl (C=O) groups excluding carboxylic acids is 1. The Morgan fingerprint density at radius 1 is 1.03 bits per heavy atom. The van der Waals surface area contributed by atoms with Gasteiger partial charge in [-0.2, -0.15) is 0 Å². The number of fused-ring (bicyclic) bond motifs is 1. The maximum absolute atomic E-state index is 13.0. The van der Waals surface area contributed by atoms with Gasteiger partial charge in [0.1, 0.15) is 5.75 Å². The summed E-state index contributed by atoms with van der Waals surface area (Å²) in [5.74, 6) is 2.08. The number of ether oxygens (including phenoxy) is 1. The molecule has 5 heteroatoms. The monoisotopic (exact) mass is 416 g/mol. The highest BCUT2D eigenvalue weighted by molar-refractivity contribution is 5.91. The van der Waals surface area contributed by atoms with Gasteiger partial charge in [-0.25, -0.2) is 0 Å². The van der Waals surface area contributed by atoms with E-state index in [9.17, 15) is 4.79 Å². The normalized spacial score (nSPS) is 23.5. The Balaban J connectivity index is 1.40. The first-order chi connectivity index (χ1) is 15.2. The van der Waals surface area contributed by atoms with Crippen LogP contribution in [0.3, 0.4) is 0 Å². The molecular formula is C26H28N2O3. The number of amides is 1. The quantitative estimate of drug-likeness (QED) is 0.618. The van der Waals surface area contributed by atoms with Gasteiger partial charge in [0.15, 0.2) is 5.76 Å². The number of benzene rings is 2. The van der Waals surface area contributed by atoms with Crippen molar-refractivity contribution in [2.75, 3.05) is 26.7 Å². The second kappa shape index (κ2) is 8.60. The van der Waals surface area contributed by atoms with Gasteiger partial charge in [0.25, 0.3) is 5.91 Å². The summed E-state index contributed by atoms with van der Waals surface area (Å²) < 4.78 is 10.7. The fraction of sp³-hybridized carbons (Fsp3) is 0.346. The van der Waals surface area contributed by atoms with Crippen LogP contribution < -0.4 is 4.74 Å². The van der Waals surface area contributed by atoms with Gasteiger partial charge in [0.05, 0.1) is 13.4 Å². The van der Waals surface area contributed by atoms with E-state index in [4.69, 9.17) is 9.15 Å². The summed E-state index contributed by atoms with van der Waals surface area (Å²) >= 11 is 0. The molecule has 2 aliphatic rings. The van der Waals surface area contributed by atoms with Crippen molar-refractivity contribution in [3.63, 3.8) is 0 Å². The molecule has 0 unspecified atom stereocenters. The van der Waals surface area contributed by atoms with Gasteiger partial charge in [-0.3, -0.25) is 9.69 Å². The summed E-state index contributed by atoms with van der Waals surface area (Å²) in [4.78, 5) is 17.5. The number of hydrogen-bond donors (Lipinski definition) is 0. The molecule has 0 radical (unpaired) electrons. The predicted octanol–water partition coefficient (Wildman–Crippen LogP) is 4.42.